The predicted octanol–water partition coefficient (Wildman–Crippen LogP) is 3.18. The molecule has 0 aliphatic carbocycles. The summed E-state index contributed by atoms with van der Waals surface area (Å²) in [5.41, 5.74) is 0.741. The van der Waals surface area contributed by atoms with Crippen molar-refractivity contribution in [3.8, 4) is 0 Å². The first-order chi connectivity index (χ1) is 12.9. The molecule has 1 amide bonds. The van der Waals surface area contributed by atoms with Crippen LogP contribution in [0.3, 0.4) is 0 Å². The van der Waals surface area contributed by atoms with Crippen molar-refractivity contribution in [1.29, 1.82) is 0 Å². The zero-order chi connectivity index (χ0) is 19.4. The molecule has 2 aromatic rings. The summed E-state index contributed by atoms with van der Waals surface area (Å²) in [6.45, 7) is 3.49. The molecule has 0 atom stereocenters. The Morgan fingerprint density at radius 2 is 1.74 bits per heavy atom. The third kappa shape index (κ3) is 4.73. The minimum absolute atomic E-state index is 0.0441. The molecule has 1 heterocycles. The van der Waals surface area contributed by atoms with Crippen LogP contribution in [0.15, 0.2) is 53.4 Å². The van der Waals surface area contributed by atoms with Crippen LogP contribution in [0.25, 0.3) is 0 Å². The maximum Gasteiger partial charge on any atom is 0.253 e. The number of sulfonamides is 1. The number of rotatable bonds is 5. The van der Waals surface area contributed by atoms with Crippen LogP contribution in [0.2, 0.25) is 0 Å². The number of nitrogens with one attached hydrogen (secondary N) is 1. The monoisotopic (exact) mass is 390 g/mol. The second-order valence-corrected chi connectivity index (χ2v) is 8.68. The quantitative estimate of drug-likeness (QED) is 0.853. The fourth-order valence-corrected chi connectivity index (χ4v) is 4.08. The van der Waals surface area contributed by atoms with Gasteiger partial charge in [0.1, 0.15) is 5.82 Å². The Kier molecular flexibility index (Phi) is 5.92. The zero-order valence-corrected chi connectivity index (χ0v) is 16.0. The molecular formula is C20H23FN2O3S. The maximum absolute atomic E-state index is 13.6. The number of hydrogen-bond donors (Lipinski definition) is 1. The third-order valence-corrected chi connectivity index (χ3v) is 6.31. The number of carbonyl (C=O) groups is 1. The third-order valence-electron chi connectivity index (χ3n) is 4.89. The van der Waals surface area contributed by atoms with Gasteiger partial charge in [-0.1, -0.05) is 25.1 Å². The number of likely N-dealkylation sites (tertiary alicyclic amines) is 1. The predicted molar refractivity (Wildman–Crippen MR) is 101 cm³/mol. The Bertz CT molecular complexity index is 905. The summed E-state index contributed by atoms with van der Waals surface area (Å²) in [4.78, 5) is 14.4. The van der Waals surface area contributed by atoms with E-state index >= 15 is 0 Å². The number of piperidine rings is 1. The molecule has 1 N–H and O–H groups in total. The van der Waals surface area contributed by atoms with Gasteiger partial charge in [0.25, 0.3) is 5.91 Å². The van der Waals surface area contributed by atoms with Crippen molar-refractivity contribution in [3.63, 3.8) is 0 Å². The smallest absolute Gasteiger partial charge is 0.253 e. The molecule has 0 bridgehead atoms. The SMILES string of the molecule is CC1CCN(C(=O)c2ccc(S(=O)(=O)NCc3ccccc3F)cc2)CC1. The first-order valence-corrected chi connectivity index (χ1v) is 10.5. The Hall–Kier alpha value is -2.25. The lowest BCUT2D eigenvalue weighted by Gasteiger charge is -2.30. The van der Waals surface area contributed by atoms with Crippen molar-refractivity contribution in [2.75, 3.05) is 13.1 Å². The fraction of sp³-hybridized carbons (Fsp3) is 0.350. The van der Waals surface area contributed by atoms with E-state index in [2.05, 4.69) is 11.6 Å². The van der Waals surface area contributed by atoms with Crippen LogP contribution in [0.4, 0.5) is 4.39 Å². The highest BCUT2D eigenvalue weighted by Crippen LogP contribution is 2.19. The Morgan fingerprint density at radius 1 is 1.11 bits per heavy atom. The van der Waals surface area contributed by atoms with Crippen LogP contribution in [0.1, 0.15) is 35.7 Å². The summed E-state index contributed by atoms with van der Waals surface area (Å²) in [6.07, 6.45) is 1.97. The molecule has 1 saturated heterocycles. The first-order valence-electron chi connectivity index (χ1n) is 8.99. The normalized spacial score (nSPS) is 15.7. The molecule has 0 aromatic heterocycles. The molecule has 0 unspecified atom stereocenters. The number of nitrogens with zero attached hydrogens (tertiary/aromatic N) is 1. The minimum Gasteiger partial charge on any atom is -0.339 e. The van der Waals surface area contributed by atoms with Crippen LogP contribution < -0.4 is 4.72 Å². The highest BCUT2D eigenvalue weighted by atomic mass is 32.2. The topological polar surface area (TPSA) is 66.5 Å². The number of benzene rings is 2. The molecule has 7 heteroatoms. The van der Waals surface area contributed by atoms with Gasteiger partial charge in [-0.15, -0.1) is 0 Å². The second kappa shape index (κ2) is 8.19. The van der Waals surface area contributed by atoms with Crippen molar-refractivity contribution in [2.45, 2.75) is 31.2 Å². The summed E-state index contributed by atoms with van der Waals surface area (Å²) in [6, 6.07) is 11.9. The lowest BCUT2D eigenvalue weighted by molar-refractivity contribution is 0.0697. The summed E-state index contributed by atoms with van der Waals surface area (Å²) in [5, 5.41) is 0. The van der Waals surface area contributed by atoms with E-state index in [1.807, 2.05) is 0 Å². The lowest BCUT2D eigenvalue weighted by Crippen LogP contribution is -2.37. The van der Waals surface area contributed by atoms with E-state index in [-0.39, 0.29) is 22.9 Å². The van der Waals surface area contributed by atoms with Gasteiger partial charge in [-0.2, -0.15) is 0 Å². The van der Waals surface area contributed by atoms with Crippen molar-refractivity contribution in [2.24, 2.45) is 5.92 Å². The molecule has 1 aliphatic heterocycles. The summed E-state index contributed by atoms with van der Waals surface area (Å²) in [5.74, 6) is 0.0873. The van der Waals surface area contributed by atoms with Gasteiger partial charge in [-0.05, 0) is 49.1 Å². The molecular weight excluding hydrogens is 367 g/mol. The number of hydrogen-bond acceptors (Lipinski definition) is 3. The largest absolute Gasteiger partial charge is 0.339 e. The Labute approximate surface area is 159 Å². The zero-order valence-electron chi connectivity index (χ0n) is 15.2. The number of halogens is 1. The van der Waals surface area contributed by atoms with E-state index in [0.29, 0.717) is 11.5 Å². The van der Waals surface area contributed by atoms with Crippen molar-refractivity contribution >= 4 is 15.9 Å². The van der Waals surface area contributed by atoms with Gasteiger partial charge in [0, 0.05) is 30.8 Å². The highest BCUT2D eigenvalue weighted by molar-refractivity contribution is 7.89. The highest BCUT2D eigenvalue weighted by Gasteiger charge is 2.22. The Balaban J connectivity index is 1.67. The molecule has 1 fully saturated rings. The van der Waals surface area contributed by atoms with Gasteiger partial charge in [0.15, 0.2) is 0 Å². The molecule has 0 saturated carbocycles. The molecule has 0 radical (unpaired) electrons. The van der Waals surface area contributed by atoms with Gasteiger partial charge < -0.3 is 4.90 Å². The van der Waals surface area contributed by atoms with Gasteiger partial charge in [-0.25, -0.2) is 17.5 Å². The lowest BCUT2D eigenvalue weighted by atomic mass is 9.98. The molecule has 0 spiro atoms. The van der Waals surface area contributed by atoms with Gasteiger partial charge in [0.05, 0.1) is 4.90 Å². The Morgan fingerprint density at radius 3 is 2.37 bits per heavy atom. The number of carbonyl (C=O) groups excluding carboxylic acids is 1. The maximum atomic E-state index is 13.6. The van der Waals surface area contributed by atoms with E-state index in [0.717, 1.165) is 25.9 Å². The van der Waals surface area contributed by atoms with Crippen LogP contribution in [-0.2, 0) is 16.6 Å². The standard InChI is InChI=1S/C20H23FN2O3S/c1-15-10-12-23(13-11-15)20(24)16-6-8-18(9-7-16)27(25,26)22-14-17-4-2-3-5-19(17)21/h2-9,15,22H,10-14H2,1H3. The molecule has 1 aliphatic rings. The molecule has 5 nitrogen and oxygen atoms in total. The average molecular weight is 390 g/mol. The van der Waals surface area contributed by atoms with E-state index < -0.39 is 15.8 Å². The molecule has 2 aromatic carbocycles. The van der Waals surface area contributed by atoms with Crippen LogP contribution in [0.5, 0.6) is 0 Å². The summed E-state index contributed by atoms with van der Waals surface area (Å²) in [7, 11) is -3.79. The van der Waals surface area contributed by atoms with E-state index in [1.165, 1.54) is 36.4 Å². The van der Waals surface area contributed by atoms with E-state index in [1.54, 1.807) is 17.0 Å². The van der Waals surface area contributed by atoms with Crippen LogP contribution in [-0.4, -0.2) is 32.3 Å². The summed E-state index contributed by atoms with van der Waals surface area (Å²) >= 11 is 0. The van der Waals surface area contributed by atoms with Crippen molar-refractivity contribution in [1.82, 2.24) is 9.62 Å². The minimum atomic E-state index is -3.79. The van der Waals surface area contributed by atoms with Gasteiger partial charge in [0.2, 0.25) is 10.0 Å². The summed E-state index contributed by atoms with van der Waals surface area (Å²) < 4.78 is 40.8. The molecule has 27 heavy (non-hydrogen) atoms. The van der Waals surface area contributed by atoms with Crippen LogP contribution in [0, 0.1) is 11.7 Å². The van der Waals surface area contributed by atoms with Gasteiger partial charge >= 0.3 is 0 Å². The van der Waals surface area contributed by atoms with Gasteiger partial charge in [-0.3, -0.25) is 4.79 Å². The average Bonchev–Trinajstić information content (AvgIpc) is 2.67. The number of amides is 1. The molecule has 144 valence electrons. The van der Waals surface area contributed by atoms with Crippen LogP contribution >= 0.6 is 0 Å². The van der Waals surface area contributed by atoms with Crippen molar-refractivity contribution < 1.29 is 17.6 Å². The van der Waals surface area contributed by atoms with Crippen molar-refractivity contribution in [3.05, 3.63) is 65.5 Å². The second-order valence-electron chi connectivity index (χ2n) is 6.92. The first kappa shape index (κ1) is 19.5. The fourth-order valence-electron chi connectivity index (χ4n) is 3.07. The van der Waals surface area contributed by atoms with E-state index in [9.17, 15) is 17.6 Å². The van der Waals surface area contributed by atoms with E-state index in [4.69, 9.17) is 0 Å². The molecule has 3 rings (SSSR count).